The molecule has 0 unspecified atom stereocenters. The van der Waals surface area contributed by atoms with Crippen molar-refractivity contribution in [3.63, 3.8) is 0 Å². The number of rotatable bonds is 8. The zero-order valence-electron chi connectivity index (χ0n) is 26.0. The number of alkyl halides is 3. The van der Waals surface area contributed by atoms with Gasteiger partial charge in [0.1, 0.15) is 11.4 Å². The third kappa shape index (κ3) is 6.69. The Morgan fingerprint density at radius 3 is 2.00 bits per heavy atom. The van der Waals surface area contributed by atoms with Crippen LogP contribution in [0.3, 0.4) is 0 Å². The SMILES string of the molecule is CC1(C)S[C@H]2N(C(=O)[C@@]2(C#CCO[Si](C)(C)C(C)(C)C)OS(=O)(=O)C(F)(F)F)[C@H]1C(=O)OC(c1ccccc1)c1ccccc1. The number of fused-ring (bicyclic) bond motifs is 1. The predicted octanol–water partition coefficient (Wildman–Crippen LogP) is 6.01. The van der Waals surface area contributed by atoms with Crippen LogP contribution in [0.25, 0.3) is 0 Å². The van der Waals surface area contributed by atoms with E-state index in [1.54, 1.807) is 74.5 Å². The lowest BCUT2D eigenvalue weighted by Gasteiger charge is -2.48. The van der Waals surface area contributed by atoms with Gasteiger partial charge in [0.25, 0.3) is 11.5 Å². The van der Waals surface area contributed by atoms with Gasteiger partial charge < -0.3 is 14.1 Å². The van der Waals surface area contributed by atoms with Crippen molar-refractivity contribution in [3.05, 3.63) is 71.8 Å². The number of benzene rings is 2. The van der Waals surface area contributed by atoms with Gasteiger partial charge >= 0.3 is 21.6 Å². The molecule has 2 aliphatic heterocycles. The van der Waals surface area contributed by atoms with Gasteiger partial charge in [-0.3, -0.25) is 4.79 Å². The molecule has 2 heterocycles. The first-order valence-electron chi connectivity index (χ1n) is 14.1. The molecule has 0 N–H and O–H groups in total. The molecule has 2 aromatic rings. The zero-order valence-corrected chi connectivity index (χ0v) is 28.6. The summed E-state index contributed by atoms with van der Waals surface area (Å²) in [6.07, 6.45) is -0.852. The molecule has 8 nitrogen and oxygen atoms in total. The molecule has 0 radical (unpaired) electrons. The topological polar surface area (TPSA) is 99.2 Å². The highest BCUT2D eigenvalue weighted by molar-refractivity contribution is 8.01. The van der Waals surface area contributed by atoms with Crippen LogP contribution in [0.2, 0.25) is 18.1 Å². The van der Waals surface area contributed by atoms with Crippen LogP contribution in [0.4, 0.5) is 13.2 Å². The lowest BCUT2D eigenvalue weighted by molar-refractivity contribution is -0.179. The Bertz CT molecular complexity index is 1560. The third-order valence-electron chi connectivity index (χ3n) is 8.28. The minimum Gasteiger partial charge on any atom is -0.451 e. The van der Waals surface area contributed by atoms with E-state index in [2.05, 4.69) is 16.0 Å². The van der Waals surface area contributed by atoms with E-state index in [4.69, 9.17) is 9.16 Å². The number of halogens is 3. The number of hydrogen-bond donors (Lipinski definition) is 0. The molecule has 2 fully saturated rings. The molecule has 244 valence electrons. The van der Waals surface area contributed by atoms with Crippen molar-refractivity contribution < 1.29 is 44.5 Å². The molecule has 2 aliphatic rings. The van der Waals surface area contributed by atoms with E-state index in [0.717, 1.165) is 16.7 Å². The number of amides is 1. The molecule has 0 saturated carbocycles. The van der Waals surface area contributed by atoms with Gasteiger partial charge in [-0.25, -0.2) is 8.98 Å². The third-order valence-corrected chi connectivity index (χ3v) is 15.4. The lowest BCUT2D eigenvalue weighted by Crippen LogP contribution is -2.74. The Labute approximate surface area is 267 Å². The Morgan fingerprint density at radius 2 is 1.53 bits per heavy atom. The van der Waals surface area contributed by atoms with Gasteiger partial charge in [0.05, 0.1) is 6.61 Å². The predicted molar refractivity (Wildman–Crippen MR) is 167 cm³/mol. The summed E-state index contributed by atoms with van der Waals surface area (Å²) in [6, 6.07) is 16.6. The first-order valence-corrected chi connectivity index (χ1v) is 19.3. The second-order valence-electron chi connectivity index (χ2n) is 12.9. The van der Waals surface area contributed by atoms with E-state index in [0.29, 0.717) is 11.1 Å². The number of thioether (sulfide) groups is 1. The largest absolute Gasteiger partial charge is 0.523 e. The monoisotopic (exact) mass is 683 g/mol. The van der Waals surface area contributed by atoms with E-state index in [1.165, 1.54) is 0 Å². The highest BCUT2D eigenvalue weighted by atomic mass is 32.2. The van der Waals surface area contributed by atoms with E-state index < -0.39 is 63.7 Å². The van der Waals surface area contributed by atoms with Crippen LogP contribution in [0.15, 0.2) is 60.7 Å². The van der Waals surface area contributed by atoms with Gasteiger partial charge in [-0.05, 0) is 43.1 Å². The van der Waals surface area contributed by atoms with Crippen LogP contribution in [0, 0.1) is 11.8 Å². The van der Waals surface area contributed by atoms with Gasteiger partial charge in [-0.15, -0.1) is 11.8 Å². The quantitative estimate of drug-likeness (QED) is 0.0834. The molecule has 0 aliphatic carbocycles. The molecule has 1 amide bonds. The van der Waals surface area contributed by atoms with Crippen LogP contribution in [-0.4, -0.2) is 67.4 Å². The molecular formula is C31H36F3NO7S2Si. The first kappa shape index (κ1) is 35.0. The highest BCUT2D eigenvalue weighted by Gasteiger charge is 2.75. The van der Waals surface area contributed by atoms with Gasteiger partial charge in [0.2, 0.25) is 0 Å². The van der Waals surface area contributed by atoms with Gasteiger partial charge in [0, 0.05) is 4.75 Å². The Morgan fingerprint density at radius 1 is 1.02 bits per heavy atom. The van der Waals surface area contributed by atoms with Crippen molar-refractivity contribution in [1.82, 2.24) is 4.90 Å². The van der Waals surface area contributed by atoms with Crippen LogP contribution >= 0.6 is 11.8 Å². The van der Waals surface area contributed by atoms with Crippen LogP contribution < -0.4 is 0 Å². The molecule has 0 spiro atoms. The molecule has 4 rings (SSSR count). The van der Waals surface area contributed by atoms with Gasteiger partial charge in [-0.1, -0.05) is 93.3 Å². The number of carbonyl (C=O) groups excluding carboxylic acids is 2. The first-order chi connectivity index (χ1) is 20.6. The Hall–Kier alpha value is -2.83. The fourth-order valence-corrected chi connectivity index (χ4v) is 8.00. The maximum absolute atomic E-state index is 13.9. The fraction of sp³-hybridized carbons (Fsp3) is 0.484. The number of ether oxygens (including phenoxy) is 1. The van der Waals surface area contributed by atoms with Crippen molar-refractivity contribution >= 4 is 42.1 Å². The average Bonchev–Trinajstić information content (AvgIpc) is 3.21. The minimum atomic E-state index is -6.25. The molecule has 0 bridgehead atoms. The lowest BCUT2D eigenvalue weighted by atomic mass is 9.88. The Balaban J connectivity index is 1.68. The summed E-state index contributed by atoms with van der Waals surface area (Å²) >= 11 is 0.915. The maximum atomic E-state index is 13.9. The number of hydrogen-bond acceptors (Lipinski definition) is 8. The number of carbonyl (C=O) groups is 2. The fourth-order valence-electron chi connectivity index (χ4n) is 4.81. The van der Waals surface area contributed by atoms with E-state index in [9.17, 15) is 31.2 Å². The normalized spacial score (nSPS) is 23.2. The number of nitrogens with zero attached hydrogens (tertiary/aromatic N) is 1. The second-order valence-corrected chi connectivity index (χ2v) is 21.0. The van der Waals surface area contributed by atoms with Crippen molar-refractivity contribution in [2.24, 2.45) is 0 Å². The zero-order chi connectivity index (χ0) is 33.6. The molecule has 45 heavy (non-hydrogen) atoms. The van der Waals surface area contributed by atoms with E-state index in [1.807, 2.05) is 33.9 Å². The highest BCUT2D eigenvalue weighted by Crippen LogP contribution is 2.57. The summed E-state index contributed by atoms with van der Waals surface area (Å²) in [5.74, 6) is 2.93. The summed E-state index contributed by atoms with van der Waals surface area (Å²) in [7, 11) is -8.59. The average molecular weight is 684 g/mol. The smallest absolute Gasteiger partial charge is 0.451 e. The summed E-state index contributed by atoms with van der Waals surface area (Å²) in [6.45, 7) is 12.8. The van der Waals surface area contributed by atoms with E-state index >= 15 is 0 Å². The van der Waals surface area contributed by atoms with Crippen molar-refractivity contribution in [2.75, 3.05) is 6.61 Å². The van der Waals surface area contributed by atoms with Crippen LogP contribution in [-0.2, 0) is 33.1 Å². The molecule has 14 heteroatoms. The molecule has 3 atom stereocenters. The summed E-state index contributed by atoms with van der Waals surface area (Å²) in [5, 5.41) is -1.57. The molecular weight excluding hydrogens is 648 g/mol. The van der Waals surface area contributed by atoms with Gasteiger partial charge in [0.15, 0.2) is 14.4 Å². The van der Waals surface area contributed by atoms with Gasteiger partial charge in [-0.2, -0.15) is 21.6 Å². The number of β-lactam (4-membered cyclic amide) rings is 1. The maximum Gasteiger partial charge on any atom is 0.523 e. The van der Waals surface area contributed by atoms with Crippen molar-refractivity contribution in [3.8, 4) is 11.8 Å². The molecule has 2 aromatic carbocycles. The standard InChI is InChI=1S/C31H36F3NO7S2Si/c1-28(2,3)45(6,7)40-20-14-19-30(42-44(38,39)31(32,33)34)26(37)35-24(29(4,5)43-27(30)35)25(36)41-23(21-15-10-8-11-16-21)22-17-12-9-13-18-22/h8-13,15-18,23-24,27H,20H2,1-7H3/t24-,27+,30+/m0/s1. The number of esters is 1. The molecule has 2 saturated heterocycles. The summed E-state index contributed by atoms with van der Waals surface area (Å²) in [5.41, 5.74) is -7.21. The van der Waals surface area contributed by atoms with Crippen molar-refractivity contribution in [1.29, 1.82) is 0 Å². The van der Waals surface area contributed by atoms with Crippen LogP contribution in [0.1, 0.15) is 51.8 Å². The summed E-state index contributed by atoms with van der Waals surface area (Å²) in [4.78, 5) is 28.6. The summed E-state index contributed by atoms with van der Waals surface area (Å²) < 4.78 is 80.5. The van der Waals surface area contributed by atoms with E-state index in [-0.39, 0.29) is 11.6 Å². The second kappa shape index (κ2) is 12.1. The van der Waals surface area contributed by atoms with Crippen LogP contribution in [0.5, 0.6) is 0 Å². The van der Waals surface area contributed by atoms with Crippen molar-refractivity contribution in [2.45, 2.75) is 86.1 Å². The molecule has 0 aromatic heterocycles. The Kier molecular flexibility index (Phi) is 9.40. The minimum absolute atomic E-state index is 0.206.